The molecule has 0 aromatic carbocycles. The Bertz CT molecular complexity index is 337. The zero-order chi connectivity index (χ0) is 11.4. The van der Waals surface area contributed by atoms with Crippen LogP contribution in [0, 0.1) is 0 Å². The second-order valence-corrected chi connectivity index (χ2v) is 6.07. The van der Waals surface area contributed by atoms with E-state index in [1.807, 2.05) is 0 Å². The van der Waals surface area contributed by atoms with Gasteiger partial charge in [-0.2, -0.15) is 4.37 Å². The minimum Gasteiger partial charge on any atom is -0.389 e. The standard InChI is InChI=1S/C10H17N3OS2/c1-2-8-12-9(16-13-8)15-7-10(14)3-5-11-6-4-10/h11,14H,2-7H2,1H3. The minimum atomic E-state index is -0.520. The molecule has 0 unspecified atom stereocenters. The Morgan fingerprint density at radius 2 is 2.25 bits per heavy atom. The maximum Gasteiger partial charge on any atom is 0.170 e. The maximum absolute atomic E-state index is 10.3. The Hall–Kier alpha value is -0.170. The molecule has 0 spiro atoms. The number of aromatic nitrogens is 2. The molecule has 1 fully saturated rings. The van der Waals surface area contributed by atoms with Gasteiger partial charge in [-0.15, -0.1) is 0 Å². The number of rotatable bonds is 4. The SMILES string of the molecule is CCc1nsc(SCC2(O)CCNCC2)n1. The number of thioether (sulfide) groups is 1. The third-order valence-corrected chi connectivity index (χ3v) is 4.91. The molecule has 2 rings (SSSR count). The molecule has 1 aliphatic rings. The summed E-state index contributed by atoms with van der Waals surface area (Å²) in [5, 5.41) is 13.5. The molecule has 0 bridgehead atoms. The molecule has 1 aromatic heterocycles. The Kier molecular flexibility index (Phi) is 4.18. The normalized spacial score (nSPS) is 19.9. The fourth-order valence-electron chi connectivity index (χ4n) is 1.67. The molecule has 16 heavy (non-hydrogen) atoms. The van der Waals surface area contributed by atoms with Gasteiger partial charge in [0.2, 0.25) is 0 Å². The van der Waals surface area contributed by atoms with Gasteiger partial charge in [0.05, 0.1) is 5.60 Å². The van der Waals surface area contributed by atoms with E-state index in [9.17, 15) is 5.11 Å². The van der Waals surface area contributed by atoms with Gasteiger partial charge in [-0.05, 0) is 37.5 Å². The van der Waals surface area contributed by atoms with Crippen molar-refractivity contribution in [2.45, 2.75) is 36.1 Å². The Labute approximate surface area is 104 Å². The van der Waals surface area contributed by atoms with Crippen LogP contribution in [0.1, 0.15) is 25.6 Å². The third-order valence-electron chi connectivity index (χ3n) is 2.76. The zero-order valence-corrected chi connectivity index (χ0v) is 11.0. The summed E-state index contributed by atoms with van der Waals surface area (Å²) in [7, 11) is 0. The lowest BCUT2D eigenvalue weighted by atomic mass is 9.95. The fourth-order valence-corrected chi connectivity index (χ4v) is 3.52. The van der Waals surface area contributed by atoms with Gasteiger partial charge in [-0.3, -0.25) is 0 Å². The molecule has 0 amide bonds. The number of nitrogens with one attached hydrogen (secondary N) is 1. The van der Waals surface area contributed by atoms with E-state index in [-0.39, 0.29) is 0 Å². The quantitative estimate of drug-likeness (QED) is 0.798. The summed E-state index contributed by atoms with van der Waals surface area (Å²) >= 11 is 3.07. The fraction of sp³-hybridized carbons (Fsp3) is 0.800. The van der Waals surface area contributed by atoms with E-state index in [1.165, 1.54) is 11.5 Å². The molecule has 90 valence electrons. The van der Waals surface area contributed by atoms with Crippen LogP contribution in [0.25, 0.3) is 0 Å². The largest absolute Gasteiger partial charge is 0.389 e. The van der Waals surface area contributed by atoms with Crippen LogP contribution in [0.2, 0.25) is 0 Å². The van der Waals surface area contributed by atoms with Crippen LogP contribution >= 0.6 is 23.3 Å². The molecule has 0 saturated carbocycles. The molecular weight excluding hydrogens is 242 g/mol. The monoisotopic (exact) mass is 259 g/mol. The number of nitrogens with zero attached hydrogens (tertiary/aromatic N) is 2. The van der Waals surface area contributed by atoms with Crippen LogP contribution in [0.15, 0.2) is 4.34 Å². The topological polar surface area (TPSA) is 58.0 Å². The second-order valence-electron chi connectivity index (χ2n) is 4.09. The van der Waals surface area contributed by atoms with E-state index in [0.29, 0.717) is 0 Å². The first kappa shape index (κ1) is 12.3. The van der Waals surface area contributed by atoms with Crippen molar-refractivity contribution in [3.05, 3.63) is 5.82 Å². The Balaban J connectivity index is 1.86. The van der Waals surface area contributed by atoms with Gasteiger partial charge in [0.15, 0.2) is 4.34 Å². The highest BCUT2D eigenvalue weighted by Gasteiger charge is 2.29. The van der Waals surface area contributed by atoms with Gasteiger partial charge in [-0.25, -0.2) is 4.98 Å². The maximum atomic E-state index is 10.3. The van der Waals surface area contributed by atoms with E-state index in [0.717, 1.165) is 48.3 Å². The number of aryl methyl sites for hydroxylation is 1. The average Bonchev–Trinajstić information content (AvgIpc) is 2.75. The van der Waals surface area contributed by atoms with Crippen LogP contribution in [-0.4, -0.2) is 38.9 Å². The first-order chi connectivity index (χ1) is 7.72. The number of aliphatic hydroxyl groups is 1. The van der Waals surface area contributed by atoms with Gasteiger partial charge in [0.1, 0.15) is 5.82 Å². The van der Waals surface area contributed by atoms with Gasteiger partial charge in [-0.1, -0.05) is 18.7 Å². The average molecular weight is 259 g/mol. The summed E-state index contributed by atoms with van der Waals surface area (Å²) in [6.45, 7) is 3.87. The lowest BCUT2D eigenvalue weighted by Crippen LogP contribution is -2.43. The second kappa shape index (κ2) is 5.44. The zero-order valence-electron chi connectivity index (χ0n) is 9.40. The molecule has 1 saturated heterocycles. The highest BCUT2D eigenvalue weighted by Crippen LogP contribution is 2.28. The van der Waals surface area contributed by atoms with Gasteiger partial charge >= 0.3 is 0 Å². The summed E-state index contributed by atoms with van der Waals surface area (Å²) < 4.78 is 5.21. The van der Waals surface area contributed by atoms with Crippen LogP contribution < -0.4 is 5.32 Å². The summed E-state index contributed by atoms with van der Waals surface area (Å²) in [5.74, 6) is 1.64. The predicted molar refractivity (Wildman–Crippen MR) is 67.1 cm³/mol. The molecule has 2 N–H and O–H groups in total. The lowest BCUT2D eigenvalue weighted by molar-refractivity contribution is 0.0339. The summed E-state index contributed by atoms with van der Waals surface area (Å²) in [4.78, 5) is 4.39. The van der Waals surface area contributed by atoms with Crippen molar-refractivity contribution in [2.24, 2.45) is 0 Å². The van der Waals surface area contributed by atoms with Crippen LogP contribution in [-0.2, 0) is 6.42 Å². The van der Waals surface area contributed by atoms with Crippen molar-refractivity contribution in [3.8, 4) is 0 Å². The lowest BCUT2D eigenvalue weighted by Gasteiger charge is -2.31. The first-order valence-corrected chi connectivity index (χ1v) is 7.36. The Morgan fingerprint density at radius 1 is 1.50 bits per heavy atom. The third kappa shape index (κ3) is 3.16. The van der Waals surface area contributed by atoms with E-state index in [1.54, 1.807) is 11.8 Å². The highest BCUT2D eigenvalue weighted by atomic mass is 32.2. The van der Waals surface area contributed by atoms with E-state index >= 15 is 0 Å². The summed E-state index contributed by atoms with van der Waals surface area (Å²) in [5.41, 5.74) is -0.520. The van der Waals surface area contributed by atoms with Gasteiger partial charge < -0.3 is 10.4 Å². The molecule has 1 aromatic rings. The van der Waals surface area contributed by atoms with Crippen LogP contribution in [0.4, 0.5) is 0 Å². The van der Waals surface area contributed by atoms with Gasteiger partial charge in [0.25, 0.3) is 0 Å². The summed E-state index contributed by atoms with van der Waals surface area (Å²) in [6.07, 6.45) is 2.55. The van der Waals surface area contributed by atoms with E-state index in [4.69, 9.17) is 0 Å². The molecule has 4 nitrogen and oxygen atoms in total. The Morgan fingerprint density at radius 3 is 2.88 bits per heavy atom. The van der Waals surface area contributed by atoms with Crippen molar-refractivity contribution in [1.82, 2.24) is 14.7 Å². The first-order valence-electron chi connectivity index (χ1n) is 5.60. The highest BCUT2D eigenvalue weighted by molar-refractivity contribution is 8.01. The van der Waals surface area contributed by atoms with E-state index in [2.05, 4.69) is 21.6 Å². The summed E-state index contributed by atoms with van der Waals surface area (Å²) in [6, 6.07) is 0. The number of hydrogen-bond acceptors (Lipinski definition) is 6. The molecule has 2 heterocycles. The van der Waals surface area contributed by atoms with Gasteiger partial charge in [0, 0.05) is 12.2 Å². The molecule has 0 aliphatic carbocycles. The van der Waals surface area contributed by atoms with Crippen molar-refractivity contribution >= 4 is 23.3 Å². The molecule has 1 aliphatic heterocycles. The van der Waals surface area contributed by atoms with Crippen molar-refractivity contribution in [2.75, 3.05) is 18.8 Å². The molecule has 6 heteroatoms. The number of hydrogen-bond donors (Lipinski definition) is 2. The minimum absolute atomic E-state index is 0.520. The van der Waals surface area contributed by atoms with Crippen LogP contribution in [0.5, 0.6) is 0 Å². The van der Waals surface area contributed by atoms with Crippen molar-refractivity contribution in [1.29, 1.82) is 0 Å². The molecule has 0 atom stereocenters. The molecule has 0 radical (unpaired) electrons. The van der Waals surface area contributed by atoms with E-state index < -0.39 is 5.60 Å². The van der Waals surface area contributed by atoms with Crippen molar-refractivity contribution < 1.29 is 5.11 Å². The molecular formula is C10H17N3OS2. The van der Waals surface area contributed by atoms with Crippen LogP contribution in [0.3, 0.4) is 0 Å². The van der Waals surface area contributed by atoms with Crippen molar-refractivity contribution in [3.63, 3.8) is 0 Å². The number of piperidine rings is 1. The predicted octanol–water partition coefficient (Wildman–Crippen LogP) is 1.31. The smallest absolute Gasteiger partial charge is 0.170 e.